The van der Waals surface area contributed by atoms with Gasteiger partial charge in [-0.25, -0.2) is 13.6 Å². The summed E-state index contributed by atoms with van der Waals surface area (Å²) in [5.74, 6) is -3.34. The number of benzene rings is 1. The van der Waals surface area contributed by atoms with Crippen molar-refractivity contribution in [1.82, 2.24) is 10.2 Å². The first-order chi connectivity index (χ1) is 10.3. The molecule has 2 rings (SSSR count). The quantitative estimate of drug-likeness (QED) is 0.809. The first-order valence-corrected chi connectivity index (χ1v) is 6.57. The molecule has 8 heteroatoms. The van der Waals surface area contributed by atoms with E-state index in [-0.39, 0.29) is 24.9 Å². The van der Waals surface area contributed by atoms with E-state index in [1.807, 2.05) is 0 Å². The van der Waals surface area contributed by atoms with Crippen LogP contribution in [0.1, 0.15) is 25.3 Å². The van der Waals surface area contributed by atoms with Crippen LogP contribution in [-0.4, -0.2) is 34.5 Å². The van der Waals surface area contributed by atoms with E-state index in [4.69, 9.17) is 5.11 Å². The van der Waals surface area contributed by atoms with Crippen LogP contribution in [0.25, 0.3) is 0 Å². The Morgan fingerprint density at radius 2 is 2.05 bits per heavy atom. The number of imide groups is 1. The molecule has 0 radical (unpaired) electrons. The van der Waals surface area contributed by atoms with Gasteiger partial charge in [0, 0.05) is 18.5 Å². The number of urea groups is 1. The smallest absolute Gasteiger partial charge is 0.325 e. The number of carbonyl (C=O) groups is 3. The Bertz CT molecular complexity index is 650. The van der Waals surface area contributed by atoms with Crippen LogP contribution in [0.15, 0.2) is 18.2 Å². The Hall–Kier alpha value is -2.51. The van der Waals surface area contributed by atoms with Crippen LogP contribution < -0.4 is 5.32 Å². The maximum Gasteiger partial charge on any atom is 0.325 e. The van der Waals surface area contributed by atoms with Gasteiger partial charge < -0.3 is 10.4 Å². The summed E-state index contributed by atoms with van der Waals surface area (Å²) in [6, 6.07) is 1.88. The van der Waals surface area contributed by atoms with Crippen LogP contribution in [-0.2, 0) is 15.1 Å². The van der Waals surface area contributed by atoms with Crippen LogP contribution in [0.3, 0.4) is 0 Å². The van der Waals surface area contributed by atoms with Crippen molar-refractivity contribution in [1.29, 1.82) is 0 Å². The molecule has 0 aliphatic carbocycles. The molecule has 3 amide bonds. The summed E-state index contributed by atoms with van der Waals surface area (Å²) < 4.78 is 27.2. The highest BCUT2D eigenvalue weighted by atomic mass is 19.1. The standard InChI is InChI=1S/C14H14F2N2O4/c1-14(9-7-8(15)4-5-10(9)16)12(21)18(13(22)17-14)6-2-3-11(19)20/h4-5,7H,2-3,6H2,1H3,(H,17,22)(H,19,20). The predicted molar refractivity (Wildman–Crippen MR) is 70.8 cm³/mol. The molecule has 0 saturated carbocycles. The topological polar surface area (TPSA) is 86.7 Å². The SMILES string of the molecule is CC1(c2cc(F)ccc2F)NC(=O)N(CCCC(=O)O)C1=O. The molecule has 1 aliphatic heterocycles. The predicted octanol–water partition coefficient (Wildman–Crippen LogP) is 1.60. The molecule has 0 aromatic heterocycles. The number of rotatable bonds is 5. The molecule has 1 fully saturated rings. The minimum atomic E-state index is -1.72. The van der Waals surface area contributed by atoms with Gasteiger partial charge in [0.15, 0.2) is 0 Å². The molecule has 1 saturated heterocycles. The third kappa shape index (κ3) is 2.76. The number of amides is 3. The van der Waals surface area contributed by atoms with Gasteiger partial charge in [-0.3, -0.25) is 14.5 Å². The van der Waals surface area contributed by atoms with Crippen molar-refractivity contribution in [2.45, 2.75) is 25.3 Å². The van der Waals surface area contributed by atoms with Crippen LogP contribution >= 0.6 is 0 Å². The van der Waals surface area contributed by atoms with Crippen molar-refractivity contribution in [3.8, 4) is 0 Å². The molecule has 6 nitrogen and oxygen atoms in total. The third-order valence-corrected chi connectivity index (χ3v) is 3.51. The molecule has 1 unspecified atom stereocenters. The highest BCUT2D eigenvalue weighted by Gasteiger charge is 2.50. The maximum atomic E-state index is 13.9. The second kappa shape index (κ2) is 5.70. The number of nitrogens with zero attached hydrogens (tertiary/aromatic N) is 1. The maximum absolute atomic E-state index is 13.9. The van der Waals surface area contributed by atoms with Gasteiger partial charge in [0.2, 0.25) is 0 Å². The van der Waals surface area contributed by atoms with E-state index in [0.29, 0.717) is 0 Å². The van der Waals surface area contributed by atoms with E-state index in [1.54, 1.807) is 0 Å². The second-order valence-electron chi connectivity index (χ2n) is 5.13. The zero-order chi connectivity index (χ0) is 16.5. The normalized spacial score (nSPS) is 21.1. The van der Waals surface area contributed by atoms with Crippen molar-refractivity contribution in [2.75, 3.05) is 6.54 Å². The van der Waals surface area contributed by atoms with E-state index in [9.17, 15) is 23.2 Å². The molecule has 1 heterocycles. The molecule has 0 bridgehead atoms. The van der Waals surface area contributed by atoms with Crippen molar-refractivity contribution in [3.05, 3.63) is 35.4 Å². The van der Waals surface area contributed by atoms with E-state index >= 15 is 0 Å². The number of carbonyl (C=O) groups excluding carboxylic acids is 2. The Morgan fingerprint density at radius 1 is 1.36 bits per heavy atom. The number of hydrogen-bond donors (Lipinski definition) is 2. The number of hydrogen-bond acceptors (Lipinski definition) is 3. The van der Waals surface area contributed by atoms with Gasteiger partial charge in [0.25, 0.3) is 5.91 Å². The molecular formula is C14H14F2N2O4. The Kier molecular flexibility index (Phi) is 4.11. The Morgan fingerprint density at radius 3 is 2.68 bits per heavy atom. The first-order valence-electron chi connectivity index (χ1n) is 6.57. The fraction of sp³-hybridized carbons (Fsp3) is 0.357. The number of aliphatic carboxylic acids is 1. The highest BCUT2D eigenvalue weighted by molar-refractivity contribution is 6.07. The van der Waals surface area contributed by atoms with Crippen LogP contribution in [0.2, 0.25) is 0 Å². The van der Waals surface area contributed by atoms with Gasteiger partial charge in [-0.05, 0) is 31.5 Å². The van der Waals surface area contributed by atoms with Gasteiger partial charge in [0.1, 0.15) is 17.2 Å². The average molecular weight is 312 g/mol. The fourth-order valence-electron chi connectivity index (χ4n) is 2.35. The summed E-state index contributed by atoms with van der Waals surface area (Å²) in [7, 11) is 0. The number of carboxylic acids is 1. The van der Waals surface area contributed by atoms with E-state index in [1.165, 1.54) is 6.92 Å². The molecule has 1 aliphatic rings. The monoisotopic (exact) mass is 312 g/mol. The van der Waals surface area contributed by atoms with Crippen LogP contribution in [0, 0.1) is 11.6 Å². The van der Waals surface area contributed by atoms with E-state index in [0.717, 1.165) is 23.1 Å². The van der Waals surface area contributed by atoms with Gasteiger partial charge in [0.05, 0.1) is 0 Å². The summed E-state index contributed by atoms with van der Waals surface area (Å²) in [6.45, 7) is 1.17. The molecule has 0 spiro atoms. The minimum Gasteiger partial charge on any atom is -0.481 e. The number of halogens is 2. The van der Waals surface area contributed by atoms with Crippen LogP contribution in [0.4, 0.5) is 13.6 Å². The molecule has 1 aromatic rings. The summed E-state index contributed by atoms with van der Waals surface area (Å²) in [6.07, 6.45) is -0.127. The van der Waals surface area contributed by atoms with Crippen molar-refractivity contribution in [3.63, 3.8) is 0 Å². The molecule has 1 aromatic carbocycles. The average Bonchev–Trinajstić information content (AvgIpc) is 2.65. The molecule has 22 heavy (non-hydrogen) atoms. The summed E-state index contributed by atoms with van der Waals surface area (Å²) >= 11 is 0. The lowest BCUT2D eigenvalue weighted by Crippen LogP contribution is -2.42. The number of carboxylic acid groups (broad SMARTS) is 1. The fourth-order valence-corrected chi connectivity index (χ4v) is 2.35. The molecule has 118 valence electrons. The van der Waals surface area contributed by atoms with Gasteiger partial charge in [-0.1, -0.05) is 0 Å². The van der Waals surface area contributed by atoms with Crippen molar-refractivity contribution in [2.24, 2.45) is 0 Å². The van der Waals surface area contributed by atoms with Crippen molar-refractivity contribution >= 4 is 17.9 Å². The zero-order valence-corrected chi connectivity index (χ0v) is 11.7. The lowest BCUT2D eigenvalue weighted by Gasteiger charge is -2.22. The second-order valence-corrected chi connectivity index (χ2v) is 5.13. The summed E-state index contributed by atoms with van der Waals surface area (Å²) in [4.78, 5) is 35.5. The number of nitrogens with one attached hydrogen (secondary N) is 1. The highest BCUT2D eigenvalue weighted by Crippen LogP contribution is 2.31. The zero-order valence-electron chi connectivity index (χ0n) is 11.7. The molecular weight excluding hydrogens is 298 g/mol. The molecule has 2 N–H and O–H groups in total. The Balaban J connectivity index is 2.26. The van der Waals surface area contributed by atoms with Gasteiger partial charge >= 0.3 is 12.0 Å². The summed E-state index contributed by atoms with van der Waals surface area (Å²) in [5, 5.41) is 10.9. The largest absolute Gasteiger partial charge is 0.481 e. The first kappa shape index (κ1) is 15.9. The van der Waals surface area contributed by atoms with Gasteiger partial charge in [-0.2, -0.15) is 0 Å². The molecule has 1 atom stereocenters. The minimum absolute atomic E-state index is 0.0796. The van der Waals surface area contributed by atoms with Gasteiger partial charge in [-0.15, -0.1) is 0 Å². The lowest BCUT2D eigenvalue weighted by molar-refractivity contribution is -0.138. The Labute approximate surface area is 124 Å². The lowest BCUT2D eigenvalue weighted by atomic mass is 9.91. The van der Waals surface area contributed by atoms with E-state index < -0.39 is 35.1 Å². The third-order valence-electron chi connectivity index (χ3n) is 3.51. The van der Waals surface area contributed by atoms with Crippen LogP contribution in [0.5, 0.6) is 0 Å². The van der Waals surface area contributed by atoms with E-state index in [2.05, 4.69) is 5.32 Å². The summed E-state index contributed by atoms with van der Waals surface area (Å²) in [5.41, 5.74) is -1.99. The van der Waals surface area contributed by atoms with Crippen molar-refractivity contribution < 1.29 is 28.3 Å².